The van der Waals surface area contributed by atoms with Crippen LogP contribution in [0.5, 0.6) is 5.75 Å². The van der Waals surface area contributed by atoms with E-state index in [0.717, 1.165) is 30.0 Å². The van der Waals surface area contributed by atoms with E-state index >= 15 is 0 Å². The fourth-order valence-electron chi connectivity index (χ4n) is 1.96. The average molecular weight is 372 g/mol. The molecule has 0 bridgehead atoms. The molecule has 24 heavy (non-hydrogen) atoms. The number of halogens is 2. The van der Waals surface area contributed by atoms with Crippen LogP contribution in [0.15, 0.2) is 48.8 Å². The topological polar surface area (TPSA) is 63.2 Å². The van der Waals surface area contributed by atoms with E-state index in [4.69, 9.17) is 4.74 Å². The molecule has 0 atom stereocenters. The molecule has 0 unspecified atom stereocenters. The number of anilines is 1. The number of benzene rings is 1. The zero-order chi connectivity index (χ0) is 15.6. The maximum Gasteiger partial charge on any atom is 0.224 e. The maximum atomic E-state index is 11.8. The third kappa shape index (κ3) is 8.15. The molecule has 1 aromatic carbocycles. The van der Waals surface area contributed by atoms with Crippen molar-refractivity contribution in [3.05, 3.63) is 54.4 Å². The van der Waals surface area contributed by atoms with Gasteiger partial charge in [-0.2, -0.15) is 0 Å². The summed E-state index contributed by atoms with van der Waals surface area (Å²) in [4.78, 5) is 15.8. The second kappa shape index (κ2) is 12.6. The molecule has 0 aliphatic carbocycles. The molecule has 1 amide bonds. The molecule has 0 radical (unpaired) electrons. The summed E-state index contributed by atoms with van der Waals surface area (Å²) in [5, 5.41) is 5.90. The number of hydrogen-bond acceptors (Lipinski definition) is 4. The monoisotopic (exact) mass is 371 g/mol. The minimum atomic E-state index is 0. The van der Waals surface area contributed by atoms with Crippen molar-refractivity contribution in [2.75, 3.05) is 18.9 Å². The summed E-state index contributed by atoms with van der Waals surface area (Å²) in [5.74, 6) is 0.733. The molecule has 0 spiro atoms. The molecule has 0 saturated heterocycles. The molecule has 0 aliphatic rings. The number of carbonyl (C=O) groups excluding carboxylic acids is 1. The Morgan fingerprint density at radius 3 is 2.75 bits per heavy atom. The van der Waals surface area contributed by atoms with E-state index in [2.05, 4.69) is 15.6 Å². The summed E-state index contributed by atoms with van der Waals surface area (Å²) in [6, 6.07) is 11.2. The Bertz CT molecular complexity index is 597. The Labute approximate surface area is 155 Å². The van der Waals surface area contributed by atoms with Crippen molar-refractivity contribution in [3.63, 3.8) is 0 Å². The summed E-state index contributed by atoms with van der Waals surface area (Å²) >= 11 is 0. The van der Waals surface area contributed by atoms with Crippen molar-refractivity contribution < 1.29 is 9.53 Å². The van der Waals surface area contributed by atoms with Gasteiger partial charge in [0.15, 0.2) is 0 Å². The molecule has 0 saturated carbocycles. The summed E-state index contributed by atoms with van der Waals surface area (Å²) < 4.78 is 5.71. The molecule has 1 aromatic heterocycles. The SMILES string of the molecule is CNCCCC(=O)Nc1cccc(OCc2cccnc2)c1.Cl.Cl. The van der Waals surface area contributed by atoms with Crippen LogP contribution in [0.3, 0.4) is 0 Å². The van der Waals surface area contributed by atoms with E-state index in [9.17, 15) is 4.79 Å². The lowest BCUT2D eigenvalue weighted by atomic mass is 10.2. The Hall–Kier alpha value is -1.82. The van der Waals surface area contributed by atoms with Gasteiger partial charge in [-0.1, -0.05) is 12.1 Å². The van der Waals surface area contributed by atoms with E-state index in [1.807, 2.05) is 43.4 Å². The first-order valence-electron chi connectivity index (χ1n) is 7.34. The molecule has 2 rings (SSSR count). The Morgan fingerprint density at radius 1 is 1.21 bits per heavy atom. The molecule has 2 N–H and O–H groups in total. The highest BCUT2D eigenvalue weighted by molar-refractivity contribution is 5.90. The zero-order valence-electron chi connectivity index (χ0n) is 13.5. The fraction of sp³-hybridized carbons (Fsp3) is 0.294. The molecule has 132 valence electrons. The molecule has 5 nitrogen and oxygen atoms in total. The van der Waals surface area contributed by atoms with E-state index < -0.39 is 0 Å². The van der Waals surface area contributed by atoms with Crippen LogP contribution >= 0.6 is 24.8 Å². The number of aromatic nitrogens is 1. The van der Waals surface area contributed by atoms with Gasteiger partial charge in [0.2, 0.25) is 5.91 Å². The summed E-state index contributed by atoms with van der Waals surface area (Å²) in [7, 11) is 1.88. The van der Waals surface area contributed by atoms with Gasteiger partial charge in [0.05, 0.1) is 0 Å². The Kier molecular flexibility index (Phi) is 11.6. The van der Waals surface area contributed by atoms with E-state index in [1.165, 1.54) is 0 Å². The highest BCUT2D eigenvalue weighted by Crippen LogP contribution is 2.18. The van der Waals surface area contributed by atoms with Gasteiger partial charge in [-0.25, -0.2) is 0 Å². The van der Waals surface area contributed by atoms with Crippen molar-refractivity contribution in [1.82, 2.24) is 10.3 Å². The van der Waals surface area contributed by atoms with Crippen LogP contribution in [0.4, 0.5) is 5.69 Å². The van der Waals surface area contributed by atoms with Crippen LogP contribution in [-0.4, -0.2) is 24.5 Å². The van der Waals surface area contributed by atoms with Gasteiger partial charge in [0, 0.05) is 36.1 Å². The van der Waals surface area contributed by atoms with Crippen LogP contribution in [0, 0.1) is 0 Å². The minimum Gasteiger partial charge on any atom is -0.489 e. The van der Waals surface area contributed by atoms with Crippen molar-refractivity contribution in [3.8, 4) is 5.75 Å². The lowest BCUT2D eigenvalue weighted by Crippen LogP contribution is -2.15. The largest absolute Gasteiger partial charge is 0.489 e. The number of pyridine rings is 1. The number of carbonyl (C=O) groups is 1. The molecule has 0 fully saturated rings. The molecular formula is C17H23Cl2N3O2. The van der Waals surface area contributed by atoms with Gasteiger partial charge in [0.1, 0.15) is 12.4 Å². The number of rotatable bonds is 8. The lowest BCUT2D eigenvalue weighted by Gasteiger charge is -2.09. The van der Waals surface area contributed by atoms with Crippen LogP contribution in [0.25, 0.3) is 0 Å². The standard InChI is InChI=1S/C17H21N3O2.2ClH/c1-18-9-4-8-17(21)20-15-6-2-7-16(11-15)22-13-14-5-3-10-19-12-14;;/h2-3,5-7,10-12,18H,4,8-9,13H2,1H3,(H,20,21);2*1H. The first-order valence-corrected chi connectivity index (χ1v) is 7.34. The first kappa shape index (κ1) is 22.2. The van der Waals surface area contributed by atoms with E-state index in [0.29, 0.717) is 13.0 Å². The highest BCUT2D eigenvalue weighted by Gasteiger charge is 2.03. The van der Waals surface area contributed by atoms with Crippen LogP contribution in [0.1, 0.15) is 18.4 Å². The third-order valence-corrected chi connectivity index (χ3v) is 3.08. The molecule has 0 aliphatic heterocycles. The predicted octanol–water partition coefficient (Wildman–Crippen LogP) is 3.44. The van der Waals surface area contributed by atoms with Crippen molar-refractivity contribution in [2.24, 2.45) is 0 Å². The van der Waals surface area contributed by atoms with Gasteiger partial charge in [-0.3, -0.25) is 9.78 Å². The maximum absolute atomic E-state index is 11.8. The van der Waals surface area contributed by atoms with Crippen molar-refractivity contribution in [2.45, 2.75) is 19.4 Å². The van der Waals surface area contributed by atoms with Crippen LogP contribution in [-0.2, 0) is 11.4 Å². The number of ether oxygens (including phenoxy) is 1. The zero-order valence-corrected chi connectivity index (χ0v) is 15.2. The van der Waals surface area contributed by atoms with Crippen LogP contribution in [0.2, 0.25) is 0 Å². The smallest absolute Gasteiger partial charge is 0.224 e. The van der Waals surface area contributed by atoms with Gasteiger partial charge >= 0.3 is 0 Å². The minimum absolute atomic E-state index is 0. The summed E-state index contributed by atoms with van der Waals surface area (Å²) in [6.07, 6.45) is 4.82. The molecule has 2 aromatic rings. The van der Waals surface area contributed by atoms with Gasteiger partial charge in [0.25, 0.3) is 0 Å². The molecule has 7 heteroatoms. The van der Waals surface area contributed by atoms with Crippen molar-refractivity contribution in [1.29, 1.82) is 0 Å². The molecular weight excluding hydrogens is 349 g/mol. The Morgan fingerprint density at radius 2 is 2.04 bits per heavy atom. The number of amides is 1. The molecule has 1 heterocycles. The second-order valence-corrected chi connectivity index (χ2v) is 4.93. The first-order chi connectivity index (χ1) is 10.8. The highest BCUT2D eigenvalue weighted by atomic mass is 35.5. The average Bonchev–Trinajstić information content (AvgIpc) is 2.54. The van der Waals surface area contributed by atoms with Gasteiger partial charge < -0.3 is 15.4 Å². The van der Waals surface area contributed by atoms with Crippen molar-refractivity contribution >= 4 is 36.4 Å². The van der Waals surface area contributed by atoms with Crippen LogP contribution < -0.4 is 15.4 Å². The van der Waals surface area contributed by atoms with Gasteiger partial charge in [-0.15, -0.1) is 24.8 Å². The predicted molar refractivity (Wildman–Crippen MR) is 101 cm³/mol. The number of nitrogens with one attached hydrogen (secondary N) is 2. The Balaban J connectivity index is 0.00000264. The number of nitrogens with zero attached hydrogens (tertiary/aromatic N) is 1. The normalized spacial score (nSPS) is 9.38. The quantitative estimate of drug-likeness (QED) is 0.697. The summed E-state index contributed by atoms with van der Waals surface area (Å²) in [5.41, 5.74) is 1.75. The second-order valence-electron chi connectivity index (χ2n) is 4.93. The third-order valence-electron chi connectivity index (χ3n) is 3.08. The lowest BCUT2D eigenvalue weighted by molar-refractivity contribution is -0.116. The van der Waals surface area contributed by atoms with Gasteiger partial charge in [-0.05, 0) is 38.2 Å². The number of hydrogen-bond donors (Lipinski definition) is 2. The van der Waals surface area contributed by atoms with E-state index in [-0.39, 0.29) is 30.7 Å². The fourth-order valence-corrected chi connectivity index (χ4v) is 1.96. The van der Waals surface area contributed by atoms with E-state index in [1.54, 1.807) is 12.4 Å². The summed E-state index contributed by atoms with van der Waals surface area (Å²) in [6.45, 7) is 1.29.